The molecular weight excluding hydrogens is 426 g/mol. The number of phenolic OH excluding ortho intramolecular Hbond substituents is 1. The molecule has 0 amide bonds. The summed E-state index contributed by atoms with van der Waals surface area (Å²) in [4.78, 5) is 16.8. The first-order valence-electron chi connectivity index (χ1n) is 12.6. The highest BCUT2D eigenvalue weighted by Gasteiger charge is 2.14. The largest absolute Gasteiger partial charge is 0.506 e. The minimum Gasteiger partial charge on any atom is -0.506 e. The molecule has 34 heavy (non-hydrogen) atoms. The van der Waals surface area contributed by atoms with Crippen LogP contribution in [0.2, 0.25) is 0 Å². The van der Waals surface area contributed by atoms with Crippen LogP contribution in [-0.2, 0) is 12.8 Å². The van der Waals surface area contributed by atoms with Gasteiger partial charge in [0.25, 0.3) is 0 Å². The van der Waals surface area contributed by atoms with Gasteiger partial charge >= 0.3 is 0 Å². The molecule has 3 aromatic rings. The number of aliphatic hydroxyl groups is 1. The summed E-state index contributed by atoms with van der Waals surface area (Å²) < 4.78 is 0. The van der Waals surface area contributed by atoms with E-state index in [4.69, 9.17) is 0 Å². The molecule has 2 heterocycles. The van der Waals surface area contributed by atoms with E-state index < -0.39 is 6.10 Å². The Morgan fingerprint density at radius 3 is 2.35 bits per heavy atom. The second kappa shape index (κ2) is 12.2. The topological polar surface area (TPSA) is 88.6 Å². The van der Waals surface area contributed by atoms with E-state index in [2.05, 4.69) is 39.5 Å². The number of aromatic nitrogens is 1. The Hall–Kier alpha value is -2.67. The number of hydrogen-bond donors (Lipinski definition) is 4. The van der Waals surface area contributed by atoms with Crippen LogP contribution in [-0.4, -0.2) is 52.8 Å². The van der Waals surface area contributed by atoms with Gasteiger partial charge in [-0.25, -0.2) is 0 Å². The van der Waals surface area contributed by atoms with E-state index in [1.807, 2.05) is 0 Å². The zero-order valence-electron chi connectivity index (χ0n) is 19.9. The van der Waals surface area contributed by atoms with Crippen LogP contribution >= 0.6 is 0 Å². The molecule has 0 unspecified atom stereocenters. The van der Waals surface area contributed by atoms with Crippen LogP contribution in [0.4, 0.5) is 0 Å². The Bertz CT molecular complexity index is 1100. The number of pyridine rings is 1. The van der Waals surface area contributed by atoms with Crippen LogP contribution in [0.25, 0.3) is 10.9 Å². The van der Waals surface area contributed by atoms with Gasteiger partial charge in [0.1, 0.15) is 5.75 Å². The fraction of sp³-hybridized carbons (Fsp3) is 0.464. The summed E-state index contributed by atoms with van der Waals surface area (Å²) in [5.41, 5.74) is 3.53. The number of aryl methyl sites for hydroxylation is 2. The number of aromatic amines is 1. The lowest BCUT2D eigenvalue weighted by atomic mass is 10.0. The number of fused-ring (bicyclic) bond motifs is 1. The van der Waals surface area contributed by atoms with Crippen molar-refractivity contribution in [3.8, 4) is 5.75 Å². The number of H-pyrrole nitrogens is 1. The number of hydrogen-bond acceptors (Lipinski definition) is 5. The maximum absolute atomic E-state index is 11.6. The van der Waals surface area contributed by atoms with Gasteiger partial charge in [0.05, 0.1) is 11.6 Å². The SMILES string of the molecule is O=c1ccc2c([C@@H](O)CNCCCc3ccc(CCCN4CCCCC4)cc3)ccc(O)c2[nH]1. The molecule has 6 nitrogen and oxygen atoms in total. The maximum atomic E-state index is 11.6. The Balaban J connectivity index is 1.17. The highest BCUT2D eigenvalue weighted by atomic mass is 16.3. The van der Waals surface area contributed by atoms with Gasteiger partial charge < -0.3 is 25.4 Å². The first-order chi connectivity index (χ1) is 16.6. The fourth-order valence-corrected chi connectivity index (χ4v) is 4.88. The van der Waals surface area contributed by atoms with Crippen molar-refractivity contribution in [2.75, 3.05) is 32.7 Å². The van der Waals surface area contributed by atoms with Gasteiger partial charge in [0, 0.05) is 18.0 Å². The lowest BCUT2D eigenvalue weighted by Gasteiger charge is -2.26. The number of nitrogens with one attached hydrogen (secondary N) is 2. The summed E-state index contributed by atoms with van der Waals surface area (Å²) in [5, 5.41) is 24.6. The molecule has 1 aromatic heterocycles. The zero-order chi connectivity index (χ0) is 23.8. The van der Waals surface area contributed by atoms with Gasteiger partial charge in [-0.3, -0.25) is 4.79 Å². The van der Waals surface area contributed by atoms with E-state index in [0.717, 1.165) is 25.8 Å². The summed E-state index contributed by atoms with van der Waals surface area (Å²) in [7, 11) is 0. The van der Waals surface area contributed by atoms with E-state index in [1.165, 1.54) is 68.6 Å². The predicted octanol–water partition coefficient (Wildman–Crippen LogP) is 3.91. The predicted molar refractivity (Wildman–Crippen MR) is 137 cm³/mol. The fourth-order valence-electron chi connectivity index (χ4n) is 4.88. The lowest BCUT2D eigenvalue weighted by Crippen LogP contribution is -2.30. The number of benzene rings is 2. The third-order valence-electron chi connectivity index (χ3n) is 6.83. The highest BCUT2D eigenvalue weighted by molar-refractivity contribution is 5.87. The van der Waals surface area contributed by atoms with Crippen LogP contribution < -0.4 is 10.9 Å². The molecule has 1 aliphatic rings. The molecule has 1 atom stereocenters. The Kier molecular flexibility index (Phi) is 8.74. The van der Waals surface area contributed by atoms with Crippen LogP contribution in [0.1, 0.15) is 54.9 Å². The summed E-state index contributed by atoms with van der Waals surface area (Å²) in [6.07, 6.45) is 7.76. The second-order valence-corrected chi connectivity index (χ2v) is 9.43. The third-order valence-corrected chi connectivity index (χ3v) is 6.83. The number of likely N-dealkylation sites (tertiary alicyclic amines) is 1. The normalized spacial score (nSPS) is 15.6. The van der Waals surface area contributed by atoms with E-state index in [-0.39, 0.29) is 11.3 Å². The van der Waals surface area contributed by atoms with Crippen molar-refractivity contribution in [2.24, 2.45) is 0 Å². The van der Waals surface area contributed by atoms with Gasteiger partial charge in [-0.2, -0.15) is 0 Å². The van der Waals surface area contributed by atoms with Crippen LogP contribution in [0, 0.1) is 0 Å². The number of nitrogens with zero attached hydrogens (tertiary/aromatic N) is 1. The number of rotatable bonds is 11. The van der Waals surface area contributed by atoms with Crippen molar-refractivity contribution < 1.29 is 10.2 Å². The van der Waals surface area contributed by atoms with E-state index in [9.17, 15) is 15.0 Å². The van der Waals surface area contributed by atoms with Crippen molar-refractivity contribution in [3.05, 3.63) is 75.6 Å². The van der Waals surface area contributed by atoms with Crippen molar-refractivity contribution in [2.45, 2.75) is 51.0 Å². The smallest absolute Gasteiger partial charge is 0.248 e. The summed E-state index contributed by atoms with van der Waals surface area (Å²) in [6, 6.07) is 15.3. The molecule has 0 bridgehead atoms. The molecule has 2 aromatic carbocycles. The Morgan fingerprint density at radius 1 is 0.912 bits per heavy atom. The minimum absolute atomic E-state index is 0.00428. The number of piperidine rings is 1. The summed E-state index contributed by atoms with van der Waals surface area (Å²) in [6.45, 7) is 4.99. The van der Waals surface area contributed by atoms with E-state index in [0.29, 0.717) is 23.0 Å². The number of aliphatic hydroxyl groups excluding tert-OH is 1. The highest BCUT2D eigenvalue weighted by Crippen LogP contribution is 2.28. The molecule has 0 saturated carbocycles. The summed E-state index contributed by atoms with van der Waals surface area (Å²) >= 11 is 0. The molecule has 4 rings (SSSR count). The van der Waals surface area contributed by atoms with Gasteiger partial charge in [-0.15, -0.1) is 0 Å². The average molecular weight is 464 g/mol. The zero-order valence-corrected chi connectivity index (χ0v) is 19.9. The quantitative estimate of drug-likeness (QED) is 0.324. The van der Waals surface area contributed by atoms with Crippen molar-refractivity contribution in [3.63, 3.8) is 0 Å². The maximum Gasteiger partial charge on any atom is 0.248 e. The van der Waals surface area contributed by atoms with Gasteiger partial charge in [-0.05, 0) is 93.5 Å². The molecule has 1 aliphatic heterocycles. The van der Waals surface area contributed by atoms with Crippen molar-refractivity contribution in [1.29, 1.82) is 0 Å². The molecule has 4 N–H and O–H groups in total. The number of phenols is 1. The van der Waals surface area contributed by atoms with E-state index in [1.54, 1.807) is 12.1 Å². The van der Waals surface area contributed by atoms with Crippen molar-refractivity contribution >= 4 is 10.9 Å². The standard InChI is InChI=1S/C28H37N3O3/c32-25-14-12-23(24-13-15-27(34)30-28(24)25)26(33)20-29-16-4-6-21-8-10-22(11-9-21)7-5-19-31-17-2-1-3-18-31/h8-15,26,29,32-33H,1-7,16-20H2,(H,30,34)/t26-/m0/s1. The lowest BCUT2D eigenvalue weighted by molar-refractivity contribution is 0.176. The monoisotopic (exact) mass is 463 g/mol. The molecule has 0 spiro atoms. The van der Waals surface area contributed by atoms with Gasteiger partial charge in [0.15, 0.2) is 0 Å². The molecule has 0 radical (unpaired) electrons. The van der Waals surface area contributed by atoms with E-state index >= 15 is 0 Å². The molecule has 1 saturated heterocycles. The first kappa shape index (κ1) is 24.5. The Morgan fingerprint density at radius 2 is 1.62 bits per heavy atom. The Labute approximate surface area is 201 Å². The van der Waals surface area contributed by atoms with Crippen LogP contribution in [0.3, 0.4) is 0 Å². The molecule has 182 valence electrons. The average Bonchev–Trinajstić information content (AvgIpc) is 2.86. The van der Waals surface area contributed by atoms with Crippen LogP contribution in [0.5, 0.6) is 5.75 Å². The molecule has 1 fully saturated rings. The van der Waals surface area contributed by atoms with Gasteiger partial charge in [0.2, 0.25) is 5.56 Å². The third kappa shape index (κ3) is 6.69. The number of aromatic hydroxyl groups is 1. The summed E-state index contributed by atoms with van der Waals surface area (Å²) in [5.74, 6) is 0.00428. The first-order valence-corrected chi connectivity index (χ1v) is 12.6. The molecule has 6 heteroatoms. The molecule has 0 aliphatic carbocycles. The van der Waals surface area contributed by atoms with Crippen LogP contribution in [0.15, 0.2) is 53.3 Å². The van der Waals surface area contributed by atoms with Gasteiger partial charge in [-0.1, -0.05) is 36.8 Å². The molecular formula is C28H37N3O3. The van der Waals surface area contributed by atoms with Crippen molar-refractivity contribution in [1.82, 2.24) is 15.2 Å². The second-order valence-electron chi connectivity index (χ2n) is 9.43. The minimum atomic E-state index is -0.724.